The summed E-state index contributed by atoms with van der Waals surface area (Å²) in [6.45, 7) is 5.43. The van der Waals surface area contributed by atoms with E-state index in [1.165, 1.54) is 0 Å². The third kappa shape index (κ3) is 3.98. The van der Waals surface area contributed by atoms with E-state index in [9.17, 15) is 4.79 Å². The second kappa shape index (κ2) is 5.07. The number of ether oxygens (including phenoxy) is 1. The molecule has 1 rings (SSSR count). The van der Waals surface area contributed by atoms with Crippen molar-refractivity contribution in [2.24, 2.45) is 5.11 Å². The Morgan fingerprint density at radius 2 is 2.19 bits per heavy atom. The molecule has 1 amide bonds. The van der Waals surface area contributed by atoms with Crippen LogP contribution in [0.4, 0.5) is 4.79 Å². The van der Waals surface area contributed by atoms with E-state index in [4.69, 9.17) is 10.3 Å². The van der Waals surface area contributed by atoms with Gasteiger partial charge in [-0.05, 0) is 39.1 Å². The van der Waals surface area contributed by atoms with Gasteiger partial charge in [0.05, 0.1) is 6.04 Å². The van der Waals surface area contributed by atoms with Gasteiger partial charge in [-0.1, -0.05) is 11.5 Å². The molecule has 1 aliphatic carbocycles. The normalized spacial score (nSPS) is 24.7. The van der Waals surface area contributed by atoms with Crippen molar-refractivity contribution in [3.05, 3.63) is 10.4 Å². The van der Waals surface area contributed by atoms with E-state index < -0.39 is 11.7 Å². The second-order valence-electron chi connectivity index (χ2n) is 4.96. The molecule has 90 valence electrons. The summed E-state index contributed by atoms with van der Waals surface area (Å²) < 4.78 is 5.14. The zero-order valence-corrected chi connectivity index (χ0v) is 9.93. The first-order valence-corrected chi connectivity index (χ1v) is 5.46. The van der Waals surface area contributed by atoms with E-state index >= 15 is 0 Å². The van der Waals surface area contributed by atoms with Crippen LogP contribution in [0.1, 0.15) is 40.0 Å². The van der Waals surface area contributed by atoms with Crippen molar-refractivity contribution in [3.63, 3.8) is 0 Å². The minimum atomic E-state index is -0.503. The van der Waals surface area contributed by atoms with Gasteiger partial charge < -0.3 is 10.1 Å². The van der Waals surface area contributed by atoms with E-state index in [-0.39, 0.29) is 12.1 Å². The van der Waals surface area contributed by atoms with Crippen molar-refractivity contribution < 1.29 is 9.53 Å². The molecule has 0 aromatic heterocycles. The van der Waals surface area contributed by atoms with Crippen LogP contribution >= 0.6 is 0 Å². The first-order chi connectivity index (χ1) is 7.42. The van der Waals surface area contributed by atoms with Gasteiger partial charge in [0.25, 0.3) is 0 Å². The minimum Gasteiger partial charge on any atom is -0.444 e. The molecule has 0 aromatic rings. The highest BCUT2D eigenvalue weighted by Gasteiger charge is 2.29. The second-order valence-corrected chi connectivity index (χ2v) is 4.96. The highest BCUT2D eigenvalue weighted by Crippen LogP contribution is 2.22. The Hall–Kier alpha value is -1.42. The number of nitrogens with one attached hydrogen (secondary N) is 1. The monoisotopic (exact) mass is 226 g/mol. The molecule has 0 heterocycles. The maximum atomic E-state index is 11.5. The molecule has 0 saturated heterocycles. The van der Waals surface area contributed by atoms with Gasteiger partial charge >= 0.3 is 6.09 Å². The fourth-order valence-corrected chi connectivity index (χ4v) is 1.77. The van der Waals surface area contributed by atoms with Crippen molar-refractivity contribution in [1.82, 2.24) is 5.32 Å². The lowest BCUT2D eigenvalue weighted by atomic mass is 10.2. The molecule has 6 nitrogen and oxygen atoms in total. The zero-order valence-electron chi connectivity index (χ0n) is 9.93. The lowest BCUT2D eigenvalue weighted by Crippen LogP contribution is -2.42. The predicted octanol–water partition coefficient (Wildman–Crippen LogP) is 2.74. The third-order valence-electron chi connectivity index (χ3n) is 2.38. The summed E-state index contributed by atoms with van der Waals surface area (Å²) in [6.07, 6.45) is 2.18. The molecule has 0 aromatic carbocycles. The quantitative estimate of drug-likeness (QED) is 0.445. The van der Waals surface area contributed by atoms with Crippen molar-refractivity contribution in [1.29, 1.82) is 0 Å². The minimum absolute atomic E-state index is 0.0919. The Morgan fingerprint density at radius 1 is 1.50 bits per heavy atom. The van der Waals surface area contributed by atoms with Crippen molar-refractivity contribution in [3.8, 4) is 0 Å². The van der Waals surface area contributed by atoms with Gasteiger partial charge in [0, 0.05) is 11.0 Å². The fourth-order valence-electron chi connectivity index (χ4n) is 1.77. The molecule has 0 radical (unpaired) electrons. The molecule has 2 atom stereocenters. The van der Waals surface area contributed by atoms with Gasteiger partial charge in [-0.2, -0.15) is 0 Å². The van der Waals surface area contributed by atoms with E-state index in [0.29, 0.717) is 0 Å². The standard InChI is InChI=1S/C10H18N4O2/c1-10(2,3)16-9(15)12-7-5-4-6-8(7)13-14-11/h7-8H,4-6H2,1-3H3,(H,12,15). The van der Waals surface area contributed by atoms with Crippen LogP contribution in [0, 0.1) is 0 Å². The summed E-state index contributed by atoms with van der Waals surface area (Å²) in [4.78, 5) is 14.3. The third-order valence-corrected chi connectivity index (χ3v) is 2.38. The van der Waals surface area contributed by atoms with E-state index in [2.05, 4.69) is 15.3 Å². The molecule has 2 unspecified atom stereocenters. The Kier molecular flexibility index (Phi) is 4.01. The number of amides is 1. The van der Waals surface area contributed by atoms with Crippen LogP contribution in [0.2, 0.25) is 0 Å². The number of hydrogen-bond acceptors (Lipinski definition) is 3. The summed E-state index contributed by atoms with van der Waals surface area (Å²) in [5, 5.41) is 6.41. The summed E-state index contributed by atoms with van der Waals surface area (Å²) in [5.41, 5.74) is 7.88. The number of carbonyl (C=O) groups excluding carboxylic acids is 1. The molecule has 0 bridgehead atoms. The van der Waals surface area contributed by atoms with Crippen molar-refractivity contribution in [2.45, 2.75) is 57.7 Å². The predicted molar refractivity (Wildman–Crippen MR) is 59.9 cm³/mol. The lowest BCUT2D eigenvalue weighted by molar-refractivity contribution is 0.0501. The molecular formula is C10H18N4O2. The Morgan fingerprint density at radius 3 is 2.75 bits per heavy atom. The fraction of sp³-hybridized carbons (Fsp3) is 0.900. The first kappa shape index (κ1) is 12.6. The molecule has 1 N–H and O–H groups in total. The van der Waals surface area contributed by atoms with Crippen LogP contribution in [0.5, 0.6) is 0 Å². The number of hydrogen-bond donors (Lipinski definition) is 1. The number of alkyl carbamates (subject to hydrolysis) is 1. The largest absolute Gasteiger partial charge is 0.444 e. The van der Waals surface area contributed by atoms with Gasteiger partial charge in [-0.25, -0.2) is 4.79 Å². The summed E-state index contributed by atoms with van der Waals surface area (Å²) >= 11 is 0. The molecule has 1 fully saturated rings. The van der Waals surface area contributed by atoms with E-state index in [0.717, 1.165) is 19.3 Å². The number of rotatable bonds is 2. The SMILES string of the molecule is CC(C)(C)OC(=O)NC1CCCC1N=[N+]=[N-]. The van der Waals surface area contributed by atoms with Crippen LogP contribution in [0.25, 0.3) is 10.4 Å². The number of nitrogens with zero attached hydrogens (tertiary/aromatic N) is 3. The Balaban J connectivity index is 2.47. The van der Waals surface area contributed by atoms with Gasteiger partial charge in [0.15, 0.2) is 0 Å². The summed E-state index contributed by atoms with van der Waals surface area (Å²) in [7, 11) is 0. The molecule has 0 aliphatic heterocycles. The first-order valence-electron chi connectivity index (χ1n) is 5.46. The van der Waals surface area contributed by atoms with E-state index in [1.54, 1.807) is 0 Å². The number of carbonyl (C=O) groups is 1. The smallest absolute Gasteiger partial charge is 0.407 e. The average molecular weight is 226 g/mol. The van der Waals surface area contributed by atoms with Crippen LogP contribution in [0.3, 0.4) is 0 Å². The van der Waals surface area contributed by atoms with Crippen molar-refractivity contribution in [2.75, 3.05) is 0 Å². The van der Waals surface area contributed by atoms with Gasteiger partial charge in [-0.15, -0.1) is 0 Å². The van der Waals surface area contributed by atoms with Crippen LogP contribution in [-0.2, 0) is 4.74 Å². The maximum Gasteiger partial charge on any atom is 0.407 e. The van der Waals surface area contributed by atoms with Crippen LogP contribution in [-0.4, -0.2) is 23.8 Å². The topological polar surface area (TPSA) is 87.1 Å². The maximum absolute atomic E-state index is 11.5. The zero-order chi connectivity index (χ0) is 12.2. The summed E-state index contributed by atoms with van der Waals surface area (Å²) in [6, 6.07) is -0.233. The Labute approximate surface area is 95.0 Å². The van der Waals surface area contributed by atoms with E-state index in [1.807, 2.05) is 20.8 Å². The molecule has 6 heteroatoms. The summed E-state index contributed by atoms with van der Waals surface area (Å²) in [5.74, 6) is 0. The molecular weight excluding hydrogens is 208 g/mol. The molecule has 1 aliphatic rings. The highest BCUT2D eigenvalue weighted by molar-refractivity contribution is 5.68. The van der Waals surface area contributed by atoms with Gasteiger partial charge in [0.1, 0.15) is 5.60 Å². The lowest BCUT2D eigenvalue weighted by Gasteiger charge is -2.23. The van der Waals surface area contributed by atoms with Gasteiger partial charge in [-0.3, -0.25) is 0 Å². The van der Waals surface area contributed by atoms with Crippen molar-refractivity contribution >= 4 is 6.09 Å². The molecule has 16 heavy (non-hydrogen) atoms. The van der Waals surface area contributed by atoms with Crippen LogP contribution < -0.4 is 5.32 Å². The highest BCUT2D eigenvalue weighted by atomic mass is 16.6. The molecule has 0 spiro atoms. The van der Waals surface area contributed by atoms with Crippen LogP contribution in [0.15, 0.2) is 5.11 Å². The average Bonchev–Trinajstić information content (AvgIpc) is 2.50. The molecule has 1 saturated carbocycles. The number of azide groups is 1. The van der Waals surface area contributed by atoms with Gasteiger partial charge in [0.2, 0.25) is 0 Å². The Bertz CT molecular complexity index is 304.